The van der Waals surface area contributed by atoms with Crippen LogP contribution in [0, 0.1) is 17.2 Å². The quantitative estimate of drug-likeness (QED) is 0.224. The lowest BCUT2D eigenvalue weighted by atomic mass is 9.65. The van der Waals surface area contributed by atoms with Gasteiger partial charge in [0, 0.05) is 57.2 Å². The molecule has 3 aromatic rings. The van der Waals surface area contributed by atoms with Crippen LogP contribution in [0.3, 0.4) is 0 Å². The van der Waals surface area contributed by atoms with Crippen molar-refractivity contribution in [2.45, 2.75) is 76.8 Å². The molecule has 1 amide bonds. The first-order valence-corrected chi connectivity index (χ1v) is 16.4. The number of H-pyrrole nitrogens is 1. The van der Waals surface area contributed by atoms with Crippen molar-refractivity contribution in [3.8, 4) is 6.07 Å². The minimum atomic E-state index is -0.803. The SMILES string of the molecule is C=C(CNC(C)(C)CC1(c2nn[nH]n2)c2ccc(C(=C)N(C)C)cc2CCc2cc(C(=O)N(C)C)ccc21)NC(C#N)C[C@@H](C)CC. The second-order valence-corrected chi connectivity index (χ2v) is 14.0. The fourth-order valence-corrected chi connectivity index (χ4v) is 6.61. The molecule has 2 unspecified atom stereocenters. The number of carbonyl (C=O) groups is 1. The zero-order chi connectivity index (χ0) is 34.5. The van der Waals surface area contributed by atoms with Gasteiger partial charge in [-0.05, 0) is 91.5 Å². The van der Waals surface area contributed by atoms with Crippen molar-refractivity contribution in [3.63, 3.8) is 0 Å². The zero-order valence-corrected chi connectivity index (χ0v) is 29.4. The lowest BCUT2D eigenvalue weighted by molar-refractivity contribution is 0.0827. The van der Waals surface area contributed by atoms with Crippen LogP contribution in [0.15, 0.2) is 55.3 Å². The van der Waals surface area contributed by atoms with Gasteiger partial charge in [-0.2, -0.15) is 10.5 Å². The highest BCUT2D eigenvalue weighted by molar-refractivity contribution is 5.94. The Kier molecular flexibility index (Phi) is 10.9. The molecule has 3 N–H and O–H groups in total. The number of nitrogens with one attached hydrogen (secondary N) is 3. The maximum atomic E-state index is 13.1. The number of rotatable bonds is 14. The van der Waals surface area contributed by atoms with Gasteiger partial charge in [0.2, 0.25) is 0 Å². The number of nitriles is 1. The van der Waals surface area contributed by atoms with Crippen LogP contribution >= 0.6 is 0 Å². The molecule has 250 valence electrons. The van der Waals surface area contributed by atoms with E-state index in [0.717, 1.165) is 59.3 Å². The summed E-state index contributed by atoms with van der Waals surface area (Å²) in [6, 6.07) is 14.7. The van der Waals surface area contributed by atoms with Gasteiger partial charge in [-0.25, -0.2) is 0 Å². The van der Waals surface area contributed by atoms with E-state index in [2.05, 4.69) is 102 Å². The largest absolute Gasteiger partial charge is 0.378 e. The normalized spacial score (nSPS) is 16.9. The summed E-state index contributed by atoms with van der Waals surface area (Å²) < 4.78 is 0. The molecular formula is C37H51N9O. The Morgan fingerprint density at radius 3 is 2.21 bits per heavy atom. The van der Waals surface area contributed by atoms with Gasteiger partial charge in [0.1, 0.15) is 6.04 Å². The average molecular weight is 638 g/mol. The average Bonchev–Trinajstić information content (AvgIpc) is 3.56. The molecule has 0 saturated carbocycles. The molecule has 47 heavy (non-hydrogen) atoms. The highest BCUT2D eigenvalue weighted by atomic mass is 16.2. The molecule has 10 nitrogen and oxygen atoms in total. The third-order valence-electron chi connectivity index (χ3n) is 9.40. The molecule has 0 fully saturated rings. The summed E-state index contributed by atoms with van der Waals surface area (Å²) in [7, 11) is 7.53. The summed E-state index contributed by atoms with van der Waals surface area (Å²) in [5.74, 6) is 0.970. The summed E-state index contributed by atoms with van der Waals surface area (Å²) in [5, 5.41) is 32.9. The Labute approximate surface area is 280 Å². The van der Waals surface area contributed by atoms with E-state index in [9.17, 15) is 10.1 Å². The van der Waals surface area contributed by atoms with E-state index in [1.54, 1.807) is 19.0 Å². The molecule has 0 aliphatic heterocycles. The number of aryl methyl sites for hydroxylation is 2. The standard InChI is InChI=1S/C37H51N9O/c1-11-24(2)18-31(21-38)40-25(3)22-39-36(5,6)23-37(35-41-43-44-42-35)32-16-14-27(26(4)45(7)8)19-28(32)12-13-29-20-30(15-17-33(29)37)34(47)46(9)10/h14-17,19-20,24,31,39-40H,3-4,11-13,18,22-23H2,1-2,5-10H3,(H,41,42,43,44)/t24-,31?,37?/m0/s1. The lowest BCUT2D eigenvalue weighted by Crippen LogP contribution is -2.49. The maximum Gasteiger partial charge on any atom is 0.253 e. The van der Waals surface area contributed by atoms with Crippen LogP contribution in [-0.4, -0.2) is 82.6 Å². The summed E-state index contributed by atoms with van der Waals surface area (Å²) in [4.78, 5) is 16.7. The number of nitrogens with zero attached hydrogens (tertiary/aromatic N) is 6. The predicted molar refractivity (Wildman–Crippen MR) is 188 cm³/mol. The number of hydrogen-bond acceptors (Lipinski definition) is 8. The first-order valence-electron chi connectivity index (χ1n) is 16.4. The van der Waals surface area contributed by atoms with Crippen LogP contribution in [0.1, 0.15) is 91.0 Å². The van der Waals surface area contributed by atoms with Gasteiger partial charge in [0.05, 0.1) is 11.5 Å². The molecule has 0 saturated heterocycles. The fraction of sp³-hybridized carbons (Fsp3) is 0.486. The second kappa shape index (κ2) is 14.5. The molecule has 1 aliphatic carbocycles. The van der Waals surface area contributed by atoms with Crippen molar-refractivity contribution in [2.75, 3.05) is 34.7 Å². The van der Waals surface area contributed by atoms with Crippen LogP contribution in [-0.2, 0) is 18.3 Å². The summed E-state index contributed by atoms with van der Waals surface area (Å²) in [6.45, 7) is 17.7. The second-order valence-electron chi connectivity index (χ2n) is 14.0. The van der Waals surface area contributed by atoms with Crippen LogP contribution in [0.5, 0.6) is 0 Å². The molecule has 3 atom stereocenters. The molecule has 0 bridgehead atoms. The van der Waals surface area contributed by atoms with Gasteiger partial charge in [0.25, 0.3) is 5.91 Å². The lowest BCUT2D eigenvalue weighted by Gasteiger charge is -2.41. The summed E-state index contributed by atoms with van der Waals surface area (Å²) >= 11 is 0. The van der Waals surface area contributed by atoms with Gasteiger partial charge in [0.15, 0.2) is 5.82 Å². The van der Waals surface area contributed by atoms with E-state index < -0.39 is 11.0 Å². The Morgan fingerprint density at radius 2 is 1.68 bits per heavy atom. The Hall–Kier alpha value is -4.49. The highest BCUT2D eigenvalue weighted by Gasteiger charge is 2.48. The van der Waals surface area contributed by atoms with Gasteiger partial charge in [-0.15, -0.1) is 10.2 Å². The summed E-state index contributed by atoms with van der Waals surface area (Å²) in [5.41, 5.74) is 6.53. The van der Waals surface area contributed by atoms with Crippen molar-refractivity contribution in [1.82, 2.24) is 41.1 Å². The predicted octanol–water partition coefficient (Wildman–Crippen LogP) is 5.06. The van der Waals surface area contributed by atoms with E-state index >= 15 is 0 Å². The fourth-order valence-electron chi connectivity index (χ4n) is 6.61. The topological polar surface area (TPSA) is 126 Å². The van der Waals surface area contributed by atoms with Gasteiger partial charge >= 0.3 is 0 Å². The monoisotopic (exact) mass is 637 g/mol. The molecule has 1 aromatic heterocycles. The number of tetrazole rings is 1. The molecule has 10 heteroatoms. The van der Waals surface area contributed by atoms with Crippen LogP contribution in [0.25, 0.3) is 5.70 Å². The molecule has 1 heterocycles. The van der Waals surface area contributed by atoms with Crippen molar-refractivity contribution in [1.29, 1.82) is 5.26 Å². The number of fused-ring (bicyclic) bond motifs is 2. The van der Waals surface area contributed by atoms with E-state index in [1.807, 2.05) is 31.1 Å². The summed E-state index contributed by atoms with van der Waals surface area (Å²) in [6.07, 6.45) is 3.89. The van der Waals surface area contributed by atoms with E-state index in [1.165, 1.54) is 5.56 Å². The zero-order valence-electron chi connectivity index (χ0n) is 29.4. The number of aromatic nitrogens is 4. The van der Waals surface area contributed by atoms with Crippen LogP contribution < -0.4 is 10.6 Å². The minimum Gasteiger partial charge on any atom is -0.378 e. The number of hydrogen-bond donors (Lipinski definition) is 3. The van der Waals surface area contributed by atoms with Crippen molar-refractivity contribution < 1.29 is 4.79 Å². The molecule has 2 aromatic carbocycles. The van der Waals surface area contributed by atoms with Crippen molar-refractivity contribution >= 4 is 11.6 Å². The highest BCUT2D eigenvalue weighted by Crippen LogP contribution is 2.48. The van der Waals surface area contributed by atoms with Gasteiger partial charge in [-0.1, -0.05) is 56.8 Å². The molecule has 1 aliphatic rings. The van der Waals surface area contributed by atoms with Gasteiger partial charge in [-0.3, -0.25) is 4.79 Å². The maximum absolute atomic E-state index is 13.1. The number of aromatic amines is 1. The van der Waals surface area contributed by atoms with E-state index in [-0.39, 0.29) is 11.9 Å². The first kappa shape index (κ1) is 35.4. The molecule has 0 radical (unpaired) electrons. The Morgan fingerprint density at radius 1 is 1.06 bits per heavy atom. The molecule has 0 spiro atoms. The third kappa shape index (κ3) is 7.74. The Balaban J connectivity index is 1.82. The molecule has 4 rings (SSSR count). The van der Waals surface area contributed by atoms with Crippen molar-refractivity contribution in [3.05, 3.63) is 94.5 Å². The first-order chi connectivity index (χ1) is 22.2. The third-order valence-corrected chi connectivity index (χ3v) is 9.40. The van der Waals surface area contributed by atoms with Crippen molar-refractivity contribution in [2.24, 2.45) is 5.92 Å². The smallest absolute Gasteiger partial charge is 0.253 e. The molecular weight excluding hydrogens is 586 g/mol. The van der Waals surface area contributed by atoms with Crippen LogP contribution in [0.2, 0.25) is 0 Å². The van der Waals surface area contributed by atoms with E-state index in [4.69, 9.17) is 0 Å². The number of amides is 1. The number of benzene rings is 2. The Bertz CT molecular complexity index is 1560. The number of carbonyl (C=O) groups excluding carboxylic acids is 1. The minimum absolute atomic E-state index is 0.0405. The van der Waals surface area contributed by atoms with E-state index in [0.29, 0.717) is 30.3 Å². The van der Waals surface area contributed by atoms with Crippen LogP contribution in [0.4, 0.5) is 0 Å². The van der Waals surface area contributed by atoms with Gasteiger partial charge < -0.3 is 20.4 Å².